The molecule has 0 unspecified atom stereocenters. The van der Waals surface area contributed by atoms with Crippen molar-refractivity contribution < 1.29 is 9.47 Å². The van der Waals surface area contributed by atoms with Gasteiger partial charge >= 0.3 is 0 Å². The smallest absolute Gasteiger partial charge is 0.186 e. The first-order chi connectivity index (χ1) is 9.76. The van der Waals surface area contributed by atoms with E-state index < -0.39 is 0 Å². The molecule has 0 spiro atoms. The van der Waals surface area contributed by atoms with E-state index in [0.29, 0.717) is 18.3 Å². The number of ether oxygens (including phenoxy) is 2. The zero-order chi connectivity index (χ0) is 14.6. The Morgan fingerprint density at radius 3 is 2.75 bits per heavy atom. The SMILES string of the molecule is CCOc1ccc(C=NNC(=S)NCCCOC)cc1. The second-order valence-electron chi connectivity index (χ2n) is 3.97. The number of nitrogens with one attached hydrogen (secondary N) is 2. The summed E-state index contributed by atoms with van der Waals surface area (Å²) in [5.41, 5.74) is 3.74. The molecule has 0 aliphatic carbocycles. The number of methoxy groups -OCH3 is 1. The van der Waals surface area contributed by atoms with Crippen LogP contribution in [0.25, 0.3) is 0 Å². The lowest BCUT2D eigenvalue weighted by molar-refractivity contribution is 0.195. The zero-order valence-electron chi connectivity index (χ0n) is 11.9. The van der Waals surface area contributed by atoms with Gasteiger partial charge in [0.15, 0.2) is 5.11 Å². The third kappa shape index (κ3) is 7.06. The molecule has 0 atom stereocenters. The van der Waals surface area contributed by atoms with E-state index in [1.54, 1.807) is 13.3 Å². The number of hydrogen-bond donors (Lipinski definition) is 2. The van der Waals surface area contributed by atoms with Crippen molar-refractivity contribution >= 4 is 23.5 Å². The fraction of sp³-hybridized carbons (Fsp3) is 0.429. The summed E-state index contributed by atoms with van der Waals surface area (Å²) in [4.78, 5) is 0. The molecule has 0 saturated heterocycles. The van der Waals surface area contributed by atoms with Crippen molar-refractivity contribution in [1.82, 2.24) is 10.7 Å². The summed E-state index contributed by atoms with van der Waals surface area (Å²) in [5.74, 6) is 0.855. The molecule has 5 nitrogen and oxygen atoms in total. The van der Waals surface area contributed by atoms with Crippen molar-refractivity contribution in [2.24, 2.45) is 5.10 Å². The third-order valence-corrected chi connectivity index (χ3v) is 2.62. The molecule has 0 heterocycles. The molecule has 2 N–H and O–H groups in total. The first-order valence-electron chi connectivity index (χ1n) is 6.55. The molecule has 0 aliphatic heterocycles. The highest BCUT2D eigenvalue weighted by molar-refractivity contribution is 7.80. The number of nitrogens with zero attached hydrogens (tertiary/aromatic N) is 1. The van der Waals surface area contributed by atoms with Gasteiger partial charge in [0.05, 0.1) is 12.8 Å². The molecule has 110 valence electrons. The molecule has 1 rings (SSSR count). The molecular weight excluding hydrogens is 274 g/mol. The minimum Gasteiger partial charge on any atom is -0.494 e. The lowest BCUT2D eigenvalue weighted by Gasteiger charge is -2.06. The molecule has 0 saturated carbocycles. The fourth-order valence-corrected chi connectivity index (χ4v) is 1.59. The van der Waals surface area contributed by atoms with Crippen LogP contribution in [0.3, 0.4) is 0 Å². The van der Waals surface area contributed by atoms with Gasteiger partial charge in [0.1, 0.15) is 5.75 Å². The molecule has 0 radical (unpaired) electrons. The molecule has 6 heteroatoms. The maximum absolute atomic E-state index is 5.37. The average Bonchev–Trinajstić information content (AvgIpc) is 2.46. The van der Waals surface area contributed by atoms with Crippen LogP contribution in [0, 0.1) is 0 Å². The second-order valence-corrected chi connectivity index (χ2v) is 4.38. The van der Waals surface area contributed by atoms with Crippen LogP contribution in [0.2, 0.25) is 0 Å². The zero-order valence-corrected chi connectivity index (χ0v) is 12.7. The molecule has 1 aromatic carbocycles. The van der Waals surface area contributed by atoms with E-state index in [1.807, 2.05) is 31.2 Å². The largest absolute Gasteiger partial charge is 0.494 e. The first kappa shape index (κ1) is 16.4. The second kappa shape index (κ2) is 10.2. The summed E-state index contributed by atoms with van der Waals surface area (Å²) in [6.07, 6.45) is 2.61. The molecular formula is C14H21N3O2S. The molecule has 1 aromatic rings. The predicted octanol–water partition coefficient (Wildman–Crippen LogP) is 1.92. The lowest BCUT2D eigenvalue weighted by Crippen LogP contribution is -2.33. The maximum atomic E-state index is 5.37. The van der Waals surface area contributed by atoms with Crippen molar-refractivity contribution in [3.8, 4) is 5.75 Å². The Kier molecular flexibility index (Phi) is 8.33. The van der Waals surface area contributed by atoms with Crippen LogP contribution >= 0.6 is 12.2 Å². The van der Waals surface area contributed by atoms with E-state index in [-0.39, 0.29) is 0 Å². The third-order valence-electron chi connectivity index (χ3n) is 2.38. The number of hydrogen-bond acceptors (Lipinski definition) is 4. The van der Waals surface area contributed by atoms with Crippen LogP contribution in [-0.4, -0.2) is 38.2 Å². The molecule has 0 aromatic heterocycles. The van der Waals surface area contributed by atoms with Gasteiger partial charge in [-0.2, -0.15) is 5.10 Å². The van der Waals surface area contributed by atoms with Gasteiger partial charge in [-0.25, -0.2) is 0 Å². The Hall–Kier alpha value is -1.66. The van der Waals surface area contributed by atoms with Crippen molar-refractivity contribution in [1.29, 1.82) is 0 Å². The van der Waals surface area contributed by atoms with E-state index in [2.05, 4.69) is 15.8 Å². The van der Waals surface area contributed by atoms with Crippen molar-refractivity contribution in [2.75, 3.05) is 26.9 Å². The summed E-state index contributed by atoms with van der Waals surface area (Å²) < 4.78 is 10.3. The first-order valence-corrected chi connectivity index (χ1v) is 6.95. The number of hydrazone groups is 1. The summed E-state index contributed by atoms with van der Waals surface area (Å²) >= 11 is 5.08. The molecule has 0 amide bonds. The van der Waals surface area contributed by atoms with Crippen LogP contribution in [0.5, 0.6) is 5.75 Å². The predicted molar refractivity (Wildman–Crippen MR) is 85.4 cm³/mol. The number of rotatable bonds is 8. The topological polar surface area (TPSA) is 54.9 Å². The highest BCUT2D eigenvalue weighted by Gasteiger charge is 1.94. The summed E-state index contributed by atoms with van der Waals surface area (Å²) in [6.45, 7) is 4.10. The van der Waals surface area contributed by atoms with Gasteiger partial charge in [-0.15, -0.1) is 0 Å². The minimum absolute atomic E-state index is 0.503. The van der Waals surface area contributed by atoms with Crippen LogP contribution in [0.4, 0.5) is 0 Å². The van der Waals surface area contributed by atoms with Gasteiger partial charge < -0.3 is 14.8 Å². The van der Waals surface area contributed by atoms with Crippen molar-refractivity contribution in [3.05, 3.63) is 29.8 Å². The Bertz CT molecular complexity index is 421. The number of thiocarbonyl (C=S) groups is 1. The van der Waals surface area contributed by atoms with Gasteiger partial charge in [-0.05, 0) is 55.4 Å². The highest BCUT2D eigenvalue weighted by atomic mass is 32.1. The van der Waals surface area contributed by atoms with E-state index in [1.165, 1.54) is 0 Å². The molecule has 0 fully saturated rings. The van der Waals surface area contributed by atoms with Crippen LogP contribution in [0.15, 0.2) is 29.4 Å². The van der Waals surface area contributed by atoms with Gasteiger partial charge in [0, 0.05) is 20.3 Å². The van der Waals surface area contributed by atoms with Gasteiger partial charge in [0.25, 0.3) is 0 Å². The van der Waals surface area contributed by atoms with Crippen LogP contribution in [-0.2, 0) is 4.74 Å². The van der Waals surface area contributed by atoms with Crippen LogP contribution in [0.1, 0.15) is 18.9 Å². The Labute approximate surface area is 125 Å². The highest BCUT2D eigenvalue weighted by Crippen LogP contribution is 2.10. The van der Waals surface area contributed by atoms with Gasteiger partial charge in [0.2, 0.25) is 0 Å². The van der Waals surface area contributed by atoms with Crippen molar-refractivity contribution in [2.45, 2.75) is 13.3 Å². The molecule has 0 bridgehead atoms. The summed E-state index contributed by atoms with van der Waals surface area (Å²) in [5, 5.41) is 7.60. The van der Waals surface area contributed by atoms with E-state index in [4.69, 9.17) is 21.7 Å². The molecule has 20 heavy (non-hydrogen) atoms. The summed E-state index contributed by atoms with van der Waals surface area (Å²) in [6, 6.07) is 7.69. The van der Waals surface area contributed by atoms with E-state index in [9.17, 15) is 0 Å². The van der Waals surface area contributed by atoms with E-state index in [0.717, 1.165) is 24.3 Å². The normalized spacial score (nSPS) is 10.5. The van der Waals surface area contributed by atoms with E-state index >= 15 is 0 Å². The fourth-order valence-electron chi connectivity index (χ4n) is 1.44. The Morgan fingerprint density at radius 2 is 2.10 bits per heavy atom. The van der Waals surface area contributed by atoms with Gasteiger partial charge in [-0.3, -0.25) is 5.43 Å². The number of benzene rings is 1. The monoisotopic (exact) mass is 295 g/mol. The quantitative estimate of drug-likeness (QED) is 0.332. The Morgan fingerprint density at radius 1 is 1.35 bits per heavy atom. The minimum atomic E-state index is 0.503. The van der Waals surface area contributed by atoms with Crippen molar-refractivity contribution in [3.63, 3.8) is 0 Å². The summed E-state index contributed by atoms with van der Waals surface area (Å²) in [7, 11) is 1.68. The average molecular weight is 295 g/mol. The molecule has 0 aliphatic rings. The Balaban J connectivity index is 2.27. The van der Waals surface area contributed by atoms with Gasteiger partial charge in [-0.1, -0.05) is 0 Å². The maximum Gasteiger partial charge on any atom is 0.186 e. The van der Waals surface area contributed by atoms with Crippen LogP contribution < -0.4 is 15.5 Å². The standard InChI is InChI=1S/C14H21N3O2S/c1-3-19-13-7-5-12(6-8-13)11-16-17-14(20)15-9-4-10-18-2/h5-8,11H,3-4,9-10H2,1-2H3,(H2,15,17,20). The lowest BCUT2D eigenvalue weighted by atomic mass is 10.2.